The van der Waals surface area contributed by atoms with Gasteiger partial charge in [-0.3, -0.25) is 4.79 Å². The number of rotatable bonds is 11. The number of hydrogen-bond donors (Lipinski definition) is 1. The maximum atomic E-state index is 13.7. The minimum absolute atomic E-state index is 0. The Morgan fingerprint density at radius 3 is 2.66 bits per heavy atom. The van der Waals surface area contributed by atoms with Crippen LogP contribution in [-0.2, 0) is 11.2 Å². The van der Waals surface area contributed by atoms with E-state index in [2.05, 4.69) is 17.9 Å². The Hall–Kier alpha value is -2.14. The van der Waals surface area contributed by atoms with Gasteiger partial charge in [-0.2, -0.15) is 0 Å². The van der Waals surface area contributed by atoms with Crippen molar-refractivity contribution in [3.63, 3.8) is 0 Å². The number of carbonyl (C=O) groups excluding carboxylic acids is 1. The third-order valence-corrected chi connectivity index (χ3v) is 7.13. The Morgan fingerprint density at radius 2 is 1.91 bits per heavy atom. The fraction of sp³-hybridized carbons (Fsp3) is 0.500. The first-order chi connectivity index (χ1) is 16.7. The minimum Gasteiger partial charge on any atom is -0.508 e. The molecule has 1 aliphatic heterocycles. The van der Waals surface area contributed by atoms with Crippen molar-refractivity contribution in [2.75, 3.05) is 26.2 Å². The lowest BCUT2D eigenvalue weighted by atomic mass is 9.88. The molecule has 1 aliphatic carbocycles. The number of aromatic hydroxyl groups is 1. The molecule has 1 atom stereocenters. The molecule has 2 aliphatic rings. The predicted molar refractivity (Wildman–Crippen MR) is 147 cm³/mol. The van der Waals surface area contributed by atoms with Crippen molar-refractivity contribution in [2.45, 2.75) is 70.8 Å². The second-order valence-electron chi connectivity index (χ2n) is 9.71. The normalized spacial score (nSPS) is 18.3. The fourth-order valence-electron chi connectivity index (χ4n) is 5.13. The summed E-state index contributed by atoms with van der Waals surface area (Å²) in [6.45, 7) is 6.31. The number of unbranched alkanes of at least 4 members (excludes halogenated alkanes) is 3. The molecule has 1 saturated heterocycles. The predicted octanol–water partition coefficient (Wildman–Crippen LogP) is 7.03. The third kappa shape index (κ3) is 7.42. The van der Waals surface area contributed by atoms with E-state index >= 15 is 0 Å². The number of benzene rings is 2. The first kappa shape index (κ1) is 27.4. The van der Waals surface area contributed by atoms with Crippen LogP contribution in [0.5, 0.6) is 5.75 Å². The molecule has 5 heteroatoms. The quantitative estimate of drug-likeness (QED) is 0.267. The molecular weight excluding hydrogens is 458 g/mol. The molecule has 4 nitrogen and oxygen atoms in total. The van der Waals surface area contributed by atoms with E-state index in [4.69, 9.17) is 4.74 Å². The molecule has 35 heavy (non-hydrogen) atoms. The van der Waals surface area contributed by atoms with Crippen molar-refractivity contribution in [3.8, 4) is 5.75 Å². The maximum absolute atomic E-state index is 13.7. The summed E-state index contributed by atoms with van der Waals surface area (Å²) in [4.78, 5) is 16.2. The molecule has 2 aromatic carbocycles. The van der Waals surface area contributed by atoms with Gasteiger partial charge in [0, 0.05) is 17.7 Å². The molecular formula is C30H40ClNO3. The van der Waals surface area contributed by atoms with Crippen LogP contribution in [0.2, 0.25) is 0 Å². The topological polar surface area (TPSA) is 49.8 Å². The highest BCUT2D eigenvalue weighted by Gasteiger charge is 2.21. The van der Waals surface area contributed by atoms with Crippen molar-refractivity contribution in [2.24, 2.45) is 0 Å². The number of ether oxygens (including phenoxy) is 1. The number of fused-ring (bicyclic) bond motifs is 1. The lowest BCUT2D eigenvalue weighted by molar-refractivity contribution is 0.0609. The van der Waals surface area contributed by atoms with Crippen LogP contribution in [0.25, 0.3) is 10.8 Å². The first-order valence-corrected chi connectivity index (χ1v) is 13.2. The molecule has 0 aromatic heterocycles. The van der Waals surface area contributed by atoms with Gasteiger partial charge >= 0.3 is 0 Å². The van der Waals surface area contributed by atoms with Gasteiger partial charge in [0.2, 0.25) is 0 Å². The smallest absolute Gasteiger partial charge is 0.193 e. The lowest BCUT2D eigenvalue weighted by Gasteiger charge is -2.27. The average molecular weight is 498 g/mol. The summed E-state index contributed by atoms with van der Waals surface area (Å²) in [5, 5.41) is 11.8. The molecule has 0 amide bonds. The van der Waals surface area contributed by atoms with Gasteiger partial charge in [-0.25, -0.2) is 0 Å². The molecule has 1 heterocycles. The van der Waals surface area contributed by atoms with E-state index < -0.39 is 0 Å². The number of phenols is 1. The van der Waals surface area contributed by atoms with E-state index in [0.717, 1.165) is 59.9 Å². The Balaban J connectivity index is 0.00000342. The molecule has 0 bridgehead atoms. The van der Waals surface area contributed by atoms with Crippen LogP contribution in [0.15, 0.2) is 54.1 Å². The highest BCUT2D eigenvalue weighted by Crippen LogP contribution is 2.30. The van der Waals surface area contributed by atoms with Crippen LogP contribution in [-0.4, -0.2) is 48.1 Å². The molecule has 2 aromatic rings. The number of likely N-dealkylation sites (tertiary alicyclic amines) is 1. The number of phenolic OH excluding ortho intramolecular Hbond substituents is 1. The summed E-state index contributed by atoms with van der Waals surface area (Å²) >= 11 is 0. The molecule has 4 rings (SSSR count). The van der Waals surface area contributed by atoms with Crippen molar-refractivity contribution >= 4 is 29.0 Å². The number of hydrogen-bond acceptors (Lipinski definition) is 4. The zero-order chi connectivity index (χ0) is 23.8. The molecule has 1 N–H and O–H groups in total. The standard InChI is InChI=1S/C30H39NO3.ClH/c1-2-3-4-6-9-23-10-11-25-22-26(32)14-17-28(25)29(23)30(33)24-12-15-27(16-13-24)34-21-20-31-18-7-5-8-19-31;/h10-15,17,22,27,32H,2-9,16,18-21H2,1H3;1H. The van der Waals surface area contributed by atoms with Crippen LogP contribution in [0.3, 0.4) is 0 Å². The largest absolute Gasteiger partial charge is 0.508 e. The van der Waals surface area contributed by atoms with Gasteiger partial charge in [0.25, 0.3) is 0 Å². The molecule has 0 radical (unpaired) electrons. The van der Waals surface area contributed by atoms with Crippen molar-refractivity contribution in [3.05, 3.63) is 65.3 Å². The Bertz CT molecular complexity index is 1040. The van der Waals surface area contributed by atoms with Gasteiger partial charge in [-0.05, 0) is 79.7 Å². The zero-order valence-electron chi connectivity index (χ0n) is 21.0. The van der Waals surface area contributed by atoms with E-state index in [1.165, 1.54) is 51.6 Å². The van der Waals surface area contributed by atoms with Gasteiger partial charge < -0.3 is 14.7 Å². The van der Waals surface area contributed by atoms with Gasteiger partial charge in [-0.1, -0.05) is 63.0 Å². The van der Waals surface area contributed by atoms with Crippen LogP contribution in [0.1, 0.15) is 74.2 Å². The van der Waals surface area contributed by atoms with Crippen molar-refractivity contribution in [1.29, 1.82) is 0 Å². The summed E-state index contributed by atoms with van der Waals surface area (Å²) in [7, 11) is 0. The van der Waals surface area contributed by atoms with Gasteiger partial charge in [0.05, 0.1) is 12.7 Å². The lowest BCUT2D eigenvalue weighted by Crippen LogP contribution is -2.33. The number of Topliss-reactive ketones (excluding diaryl/α,β-unsaturated/α-hetero) is 1. The van der Waals surface area contributed by atoms with Crippen LogP contribution in [0.4, 0.5) is 0 Å². The number of piperidine rings is 1. The number of allylic oxidation sites excluding steroid dienone is 2. The van der Waals surface area contributed by atoms with Crippen molar-refractivity contribution in [1.82, 2.24) is 4.90 Å². The van der Waals surface area contributed by atoms with Crippen molar-refractivity contribution < 1.29 is 14.6 Å². The number of ketones is 1. The molecule has 1 unspecified atom stereocenters. The van der Waals surface area contributed by atoms with E-state index in [1.54, 1.807) is 12.1 Å². The first-order valence-electron chi connectivity index (χ1n) is 13.2. The Kier molecular flexibility index (Phi) is 10.8. The third-order valence-electron chi connectivity index (χ3n) is 7.13. The highest BCUT2D eigenvalue weighted by atomic mass is 35.5. The molecule has 190 valence electrons. The van der Waals surface area contributed by atoms with Crippen LogP contribution >= 0.6 is 12.4 Å². The van der Waals surface area contributed by atoms with Crippen LogP contribution < -0.4 is 0 Å². The number of halogens is 1. The van der Waals surface area contributed by atoms with E-state index in [9.17, 15) is 9.90 Å². The van der Waals surface area contributed by atoms with E-state index in [-0.39, 0.29) is 30.0 Å². The summed E-state index contributed by atoms with van der Waals surface area (Å²) < 4.78 is 6.09. The number of aryl methyl sites for hydroxylation is 1. The Labute approximate surface area is 216 Å². The highest BCUT2D eigenvalue weighted by molar-refractivity contribution is 6.18. The monoisotopic (exact) mass is 497 g/mol. The van der Waals surface area contributed by atoms with E-state index in [1.807, 2.05) is 30.4 Å². The second kappa shape index (κ2) is 13.8. The second-order valence-corrected chi connectivity index (χ2v) is 9.71. The summed E-state index contributed by atoms with van der Waals surface area (Å²) in [5.41, 5.74) is 2.63. The SMILES string of the molecule is CCCCCCc1ccc2cc(O)ccc2c1C(=O)C1=CCC(OCCN2CCCCC2)C=C1.Cl. The minimum atomic E-state index is 0. The van der Waals surface area contributed by atoms with Gasteiger partial charge in [0.1, 0.15) is 5.75 Å². The average Bonchev–Trinajstić information content (AvgIpc) is 2.87. The number of nitrogens with zero attached hydrogens (tertiary/aromatic N) is 1. The fourth-order valence-corrected chi connectivity index (χ4v) is 5.13. The summed E-state index contributed by atoms with van der Waals surface area (Å²) in [6.07, 6.45) is 16.3. The van der Waals surface area contributed by atoms with E-state index in [0.29, 0.717) is 0 Å². The maximum Gasteiger partial charge on any atom is 0.193 e. The number of carbonyl (C=O) groups is 1. The molecule has 1 fully saturated rings. The zero-order valence-corrected chi connectivity index (χ0v) is 21.8. The van der Waals surface area contributed by atoms with Gasteiger partial charge in [0.15, 0.2) is 5.78 Å². The molecule has 0 spiro atoms. The summed E-state index contributed by atoms with van der Waals surface area (Å²) in [5.74, 6) is 0.299. The van der Waals surface area contributed by atoms with Gasteiger partial charge in [-0.15, -0.1) is 12.4 Å². The van der Waals surface area contributed by atoms with Crippen LogP contribution in [0, 0.1) is 0 Å². The Morgan fingerprint density at radius 1 is 1.09 bits per heavy atom. The molecule has 0 saturated carbocycles. The summed E-state index contributed by atoms with van der Waals surface area (Å²) in [6, 6.07) is 9.40.